The fourth-order valence-corrected chi connectivity index (χ4v) is 4.86. The lowest BCUT2D eigenvalue weighted by molar-refractivity contribution is -0.124. The number of ether oxygens (including phenoxy) is 1. The second-order valence-electron chi connectivity index (χ2n) is 9.34. The number of amides is 3. The summed E-state index contributed by atoms with van der Waals surface area (Å²) in [6, 6.07) is 12.0. The van der Waals surface area contributed by atoms with Crippen LogP contribution >= 0.6 is 0 Å². The number of carbonyl (C=O) groups is 2. The number of methoxy groups -OCH3 is 1. The SMILES string of the molecule is COc1ccc(CNC(=O)[C@@H](NC(=O)N2CC3CC(C2)c2cccc(=O)n2C3)C(C)C)cc1. The number of rotatable bonds is 6. The molecule has 8 nitrogen and oxygen atoms in total. The minimum atomic E-state index is -0.632. The molecule has 1 fully saturated rings. The van der Waals surface area contributed by atoms with E-state index in [-0.39, 0.29) is 35.3 Å². The third-order valence-corrected chi connectivity index (χ3v) is 6.62. The van der Waals surface area contributed by atoms with Gasteiger partial charge in [-0.05, 0) is 42.0 Å². The molecule has 1 aromatic heterocycles. The van der Waals surface area contributed by atoms with Gasteiger partial charge in [-0.3, -0.25) is 9.59 Å². The number of nitrogens with zero attached hydrogens (tertiary/aromatic N) is 2. The summed E-state index contributed by atoms with van der Waals surface area (Å²) in [6.45, 7) is 5.98. The molecule has 0 aliphatic carbocycles. The van der Waals surface area contributed by atoms with E-state index in [4.69, 9.17) is 4.74 Å². The van der Waals surface area contributed by atoms with Gasteiger partial charge in [0, 0.05) is 43.9 Å². The molecule has 3 atom stereocenters. The van der Waals surface area contributed by atoms with Crippen LogP contribution in [-0.2, 0) is 17.9 Å². The number of hydrogen-bond donors (Lipinski definition) is 2. The van der Waals surface area contributed by atoms with Crippen molar-refractivity contribution < 1.29 is 14.3 Å². The maximum atomic E-state index is 13.1. The fourth-order valence-electron chi connectivity index (χ4n) is 4.86. The summed E-state index contributed by atoms with van der Waals surface area (Å²) < 4.78 is 7.01. The Hall–Kier alpha value is -3.29. The van der Waals surface area contributed by atoms with Crippen LogP contribution < -0.4 is 20.9 Å². The standard InChI is InChI=1S/C25H32N4O4/c1-16(2)23(24(31)26-12-17-7-9-20(33-3)10-8-17)27-25(32)28-13-18-11-19(15-28)21-5-4-6-22(30)29(21)14-18/h4-10,16,18-19,23H,11-15H2,1-3H3,(H,26,31)(H,27,32)/t18?,19?,23-/m0/s1. The Bertz CT molecular complexity index is 1060. The van der Waals surface area contributed by atoms with Crippen molar-refractivity contribution in [2.45, 2.75) is 45.3 Å². The third kappa shape index (κ3) is 5.05. The zero-order valence-corrected chi connectivity index (χ0v) is 19.4. The minimum absolute atomic E-state index is 0.0218. The number of fused-ring (bicyclic) bond motifs is 4. The van der Waals surface area contributed by atoms with Crippen molar-refractivity contribution in [1.29, 1.82) is 0 Å². The van der Waals surface area contributed by atoms with E-state index in [1.165, 1.54) is 0 Å². The molecule has 1 aromatic carbocycles. The number of carbonyl (C=O) groups excluding carboxylic acids is 2. The number of aromatic nitrogens is 1. The van der Waals surface area contributed by atoms with Gasteiger partial charge in [0.2, 0.25) is 5.91 Å². The lowest BCUT2D eigenvalue weighted by atomic mass is 9.83. The molecule has 2 aromatic rings. The summed E-state index contributed by atoms with van der Waals surface area (Å²) in [4.78, 5) is 40.0. The molecule has 3 heterocycles. The summed E-state index contributed by atoms with van der Waals surface area (Å²) in [6.07, 6.45) is 0.975. The zero-order chi connectivity index (χ0) is 23.5. The molecule has 0 saturated carbocycles. The molecular weight excluding hydrogens is 420 g/mol. The largest absolute Gasteiger partial charge is 0.497 e. The van der Waals surface area contributed by atoms with Gasteiger partial charge in [0.05, 0.1) is 7.11 Å². The topological polar surface area (TPSA) is 92.7 Å². The summed E-state index contributed by atoms with van der Waals surface area (Å²) in [5.74, 6) is 0.870. The Morgan fingerprint density at radius 3 is 2.55 bits per heavy atom. The minimum Gasteiger partial charge on any atom is -0.497 e. The van der Waals surface area contributed by atoms with Crippen LogP contribution in [0.25, 0.3) is 0 Å². The number of piperidine rings is 1. The Kier molecular flexibility index (Phi) is 6.72. The average Bonchev–Trinajstić information content (AvgIpc) is 2.81. The first-order valence-corrected chi connectivity index (χ1v) is 11.5. The highest BCUT2D eigenvalue weighted by Crippen LogP contribution is 2.34. The normalized spacial score (nSPS) is 20.1. The van der Waals surface area contributed by atoms with E-state index in [0.717, 1.165) is 23.4 Å². The van der Waals surface area contributed by atoms with E-state index in [2.05, 4.69) is 10.6 Å². The van der Waals surface area contributed by atoms with E-state index < -0.39 is 6.04 Å². The van der Waals surface area contributed by atoms with Crippen molar-refractivity contribution in [3.8, 4) is 5.75 Å². The van der Waals surface area contributed by atoms with Gasteiger partial charge in [0.15, 0.2) is 0 Å². The van der Waals surface area contributed by atoms with Crippen molar-refractivity contribution in [2.75, 3.05) is 20.2 Å². The number of hydrogen-bond acceptors (Lipinski definition) is 4. The fraction of sp³-hybridized carbons (Fsp3) is 0.480. The first kappa shape index (κ1) is 22.9. The number of pyridine rings is 1. The molecule has 2 bridgehead atoms. The third-order valence-electron chi connectivity index (χ3n) is 6.62. The van der Waals surface area contributed by atoms with Crippen LogP contribution in [0.3, 0.4) is 0 Å². The maximum absolute atomic E-state index is 13.1. The number of likely N-dealkylation sites (tertiary alicyclic amines) is 1. The van der Waals surface area contributed by atoms with Crippen LogP contribution in [0.15, 0.2) is 47.3 Å². The molecule has 0 radical (unpaired) electrons. The summed E-state index contributed by atoms with van der Waals surface area (Å²) in [5, 5.41) is 5.89. The van der Waals surface area contributed by atoms with Crippen LogP contribution in [0.5, 0.6) is 5.75 Å². The van der Waals surface area contributed by atoms with Gasteiger partial charge in [-0.2, -0.15) is 0 Å². The Morgan fingerprint density at radius 1 is 1.09 bits per heavy atom. The highest BCUT2D eigenvalue weighted by atomic mass is 16.5. The molecule has 176 valence electrons. The van der Waals surface area contributed by atoms with Crippen molar-refractivity contribution in [2.24, 2.45) is 11.8 Å². The van der Waals surface area contributed by atoms with E-state index in [9.17, 15) is 14.4 Å². The molecule has 2 N–H and O–H groups in total. The van der Waals surface area contributed by atoms with Gasteiger partial charge in [-0.15, -0.1) is 0 Å². The van der Waals surface area contributed by atoms with E-state index >= 15 is 0 Å². The molecule has 33 heavy (non-hydrogen) atoms. The van der Waals surface area contributed by atoms with Crippen molar-refractivity contribution in [1.82, 2.24) is 20.1 Å². The van der Waals surface area contributed by atoms with Crippen molar-refractivity contribution in [3.05, 3.63) is 64.1 Å². The maximum Gasteiger partial charge on any atom is 0.318 e. The summed E-state index contributed by atoms with van der Waals surface area (Å²) in [5.41, 5.74) is 1.97. The molecule has 4 rings (SSSR count). The molecule has 1 saturated heterocycles. The average molecular weight is 453 g/mol. The van der Waals surface area contributed by atoms with Crippen LogP contribution in [0.2, 0.25) is 0 Å². The van der Waals surface area contributed by atoms with Gasteiger partial charge in [0.1, 0.15) is 11.8 Å². The predicted molar refractivity (Wildman–Crippen MR) is 125 cm³/mol. The summed E-state index contributed by atoms with van der Waals surface area (Å²) >= 11 is 0. The molecule has 2 unspecified atom stereocenters. The second-order valence-corrected chi connectivity index (χ2v) is 9.34. The number of urea groups is 1. The van der Waals surface area contributed by atoms with Crippen LogP contribution in [-0.4, -0.2) is 47.6 Å². The van der Waals surface area contributed by atoms with Gasteiger partial charge >= 0.3 is 6.03 Å². The summed E-state index contributed by atoms with van der Waals surface area (Å²) in [7, 11) is 1.61. The van der Waals surface area contributed by atoms with Gasteiger partial charge in [0.25, 0.3) is 5.56 Å². The van der Waals surface area contributed by atoms with Crippen molar-refractivity contribution >= 4 is 11.9 Å². The monoisotopic (exact) mass is 452 g/mol. The van der Waals surface area contributed by atoms with E-state index in [1.54, 1.807) is 24.1 Å². The molecule has 8 heteroatoms. The second kappa shape index (κ2) is 9.68. The lowest BCUT2D eigenvalue weighted by Gasteiger charge is -2.43. The Labute approximate surface area is 193 Å². The first-order valence-electron chi connectivity index (χ1n) is 11.5. The smallest absolute Gasteiger partial charge is 0.318 e. The predicted octanol–water partition coefficient (Wildman–Crippen LogP) is 2.33. The number of benzene rings is 1. The molecule has 3 amide bonds. The number of nitrogens with one attached hydrogen (secondary N) is 2. The Balaban J connectivity index is 1.38. The Morgan fingerprint density at radius 2 is 1.85 bits per heavy atom. The van der Waals surface area contributed by atoms with E-state index in [0.29, 0.717) is 26.2 Å². The quantitative estimate of drug-likeness (QED) is 0.704. The van der Waals surface area contributed by atoms with Crippen LogP contribution in [0.1, 0.15) is 37.4 Å². The van der Waals surface area contributed by atoms with Gasteiger partial charge < -0.3 is 24.8 Å². The van der Waals surface area contributed by atoms with E-state index in [1.807, 2.05) is 48.7 Å². The van der Waals surface area contributed by atoms with Crippen LogP contribution in [0, 0.1) is 11.8 Å². The van der Waals surface area contributed by atoms with Gasteiger partial charge in [-0.1, -0.05) is 32.0 Å². The zero-order valence-electron chi connectivity index (χ0n) is 19.4. The molecule has 0 spiro atoms. The van der Waals surface area contributed by atoms with Crippen molar-refractivity contribution in [3.63, 3.8) is 0 Å². The highest BCUT2D eigenvalue weighted by Gasteiger charge is 2.37. The van der Waals surface area contributed by atoms with Gasteiger partial charge in [-0.25, -0.2) is 4.79 Å². The highest BCUT2D eigenvalue weighted by molar-refractivity contribution is 5.87. The molecule has 2 aliphatic heterocycles. The molecular formula is C25H32N4O4. The lowest BCUT2D eigenvalue weighted by Crippen LogP contribution is -2.57. The van der Waals surface area contributed by atoms with Crippen LogP contribution in [0.4, 0.5) is 4.79 Å². The first-order chi connectivity index (χ1) is 15.9. The molecule has 2 aliphatic rings.